The van der Waals surface area contributed by atoms with Gasteiger partial charge < -0.3 is 4.74 Å². The highest BCUT2D eigenvalue weighted by atomic mass is 16.5. The van der Waals surface area contributed by atoms with Gasteiger partial charge in [0, 0.05) is 0 Å². The third-order valence-electron chi connectivity index (χ3n) is 2.08. The summed E-state index contributed by atoms with van der Waals surface area (Å²) in [4.78, 5) is 0. The Hall–Kier alpha value is -0.720. The Bertz CT molecular complexity index is 171. The summed E-state index contributed by atoms with van der Waals surface area (Å²) >= 11 is 0. The molecular weight excluding hydrogens is 148 g/mol. The minimum Gasteiger partial charge on any atom is -0.497 e. The molecule has 0 aromatic carbocycles. The molecule has 0 heterocycles. The second kappa shape index (κ2) is 5.02. The van der Waals surface area contributed by atoms with Crippen LogP contribution in [0.2, 0.25) is 0 Å². The molecule has 0 bridgehead atoms. The van der Waals surface area contributed by atoms with Crippen LogP contribution in [0.15, 0.2) is 24.0 Å². The average molecular weight is 166 g/mol. The fourth-order valence-electron chi connectivity index (χ4n) is 1.43. The smallest absolute Gasteiger partial charge is 0.108 e. The lowest BCUT2D eigenvalue weighted by Crippen LogP contribution is -1.96. The summed E-state index contributed by atoms with van der Waals surface area (Å²) in [5.41, 5.74) is 2.56. The molecular formula is C11H18O. The molecule has 12 heavy (non-hydrogen) atoms. The van der Waals surface area contributed by atoms with Gasteiger partial charge in [0.2, 0.25) is 0 Å². The molecule has 1 rings (SSSR count). The van der Waals surface area contributed by atoms with E-state index in [-0.39, 0.29) is 0 Å². The zero-order chi connectivity index (χ0) is 8.81. The first-order valence-corrected chi connectivity index (χ1v) is 4.73. The van der Waals surface area contributed by atoms with E-state index < -0.39 is 0 Å². The molecule has 1 nitrogen and oxygen atoms in total. The molecule has 0 saturated heterocycles. The van der Waals surface area contributed by atoms with E-state index in [0.29, 0.717) is 6.61 Å². The predicted octanol–water partition coefficient (Wildman–Crippen LogP) is 3.43. The van der Waals surface area contributed by atoms with Crippen molar-refractivity contribution >= 4 is 0 Å². The van der Waals surface area contributed by atoms with E-state index in [1.54, 1.807) is 0 Å². The van der Waals surface area contributed by atoms with Gasteiger partial charge in [-0.3, -0.25) is 0 Å². The van der Waals surface area contributed by atoms with Gasteiger partial charge in [0.25, 0.3) is 0 Å². The quantitative estimate of drug-likeness (QED) is 0.461. The van der Waals surface area contributed by atoms with Crippen molar-refractivity contribution in [3.63, 3.8) is 0 Å². The van der Waals surface area contributed by atoms with Crippen molar-refractivity contribution in [3.05, 3.63) is 24.0 Å². The highest BCUT2D eigenvalue weighted by molar-refractivity contribution is 5.01. The zero-order valence-electron chi connectivity index (χ0n) is 7.94. The van der Waals surface area contributed by atoms with E-state index in [1.807, 2.05) is 13.2 Å². The van der Waals surface area contributed by atoms with Crippen LogP contribution in [-0.2, 0) is 4.74 Å². The van der Waals surface area contributed by atoms with Crippen LogP contribution in [0.1, 0.15) is 39.0 Å². The summed E-state index contributed by atoms with van der Waals surface area (Å²) in [6.45, 7) is 6.44. The number of allylic oxidation sites excluding steroid dienone is 1. The van der Waals surface area contributed by atoms with Gasteiger partial charge in [-0.25, -0.2) is 0 Å². The third kappa shape index (κ3) is 3.61. The van der Waals surface area contributed by atoms with Gasteiger partial charge in [-0.15, -0.1) is 0 Å². The SMILES string of the molecule is C=C(C)COC=C1CCCCC1. The van der Waals surface area contributed by atoms with Crippen LogP contribution < -0.4 is 0 Å². The summed E-state index contributed by atoms with van der Waals surface area (Å²) < 4.78 is 5.37. The van der Waals surface area contributed by atoms with Crippen molar-refractivity contribution in [2.24, 2.45) is 0 Å². The molecule has 1 fully saturated rings. The van der Waals surface area contributed by atoms with Gasteiger partial charge in [0.1, 0.15) is 6.61 Å². The molecule has 1 aliphatic carbocycles. The average Bonchev–Trinajstić information content (AvgIpc) is 2.05. The third-order valence-corrected chi connectivity index (χ3v) is 2.08. The van der Waals surface area contributed by atoms with Crippen LogP contribution in [-0.4, -0.2) is 6.61 Å². The molecule has 0 spiro atoms. The van der Waals surface area contributed by atoms with Crippen LogP contribution in [0.25, 0.3) is 0 Å². The number of rotatable bonds is 3. The first kappa shape index (κ1) is 9.37. The second-order valence-electron chi connectivity index (χ2n) is 3.60. The van der Waals surface area contributed by atoms with E-state index in [1.165, 1.54) is 37.7 Å². The van der Waals surface area contributed by atoms with Crippen LogP contribution >= 0.6 is 0 Å². The minimum absolute atomic E-state index is 0.670. The maximum Gasteiger partial charge on any atom is 0.108 e. The number of ether oxygens (including phenoxy) is 1. The molecule has 1 heteroatoms. The van der Waals surface area contributed by atoms with Crippen LogP contribution in [0.3, 0.4) is 0 Å². The number of hydrogen-bond acceptors (Lipinski definition) is 1. The van der Waals surface area contributed by atoms with Crippen molar-refractivity contribution in [3.8, 4) is 0 Å². The molecule has 0 amide bonds. The van der Waals surface area contributed by atoms with Crippen molar-refractivity contribution < 1.29 is 4.74 Å². The van der Waals surface area contributed by atoms with Crippen molar-refractivity contribution in [2.45, 2.75) is 39.0 Å². The Balaban J connectivity index is 2.20. The lowest BCUT2D eigenvalue weighted by molar-refractivity contribution is 0.273. The Kier molecular flexibility index (Phi) is 3.92. The van der Waals surface area contributed by atoms with Crippen molar-refractivity contribution in [1.82, 2.24) is 0 Å². The highest BCUT2D eigenvalue weighted by Crippen LogP contribution is 2.22. The molecule has 1 saturated carbocycles. The van der Waals surface area contributed by atoms with Crippen LogP contribution in [0.5, 0.6) is 0 Å². The monoisotopic (exact) mass is 166 g/mol. The molecule has 0 unspecified atom stereocenters. The summed E-state index contributed by atoms with van der Waals surface area (Å²) in [6, 6.07) is 0. The summed E-state index contributed by atoms with van der Waals surface area (Å²) in [5, 5.41) is 0. The Morgan fingerprint density at radius 1 is 1.42 bits per heavy atom. The van der Waals surface area contributed by atoms with E-state index in [4.69, 9.17) is 4.74 Å². The maximum absolute atomic E-state index is 5.37. The fourth-order valence-corrected chi connectivity index (χ4v) is 1.43. The Morgan fingerprint density at radius 2 is 2.08 bits per heavy atom. The summed E-state index contributed by atoms with van der Waals surface area (Å²) in [7, 11) is 0. The first-order chi connectivity index (χ1) is 5.79. The van der Waals surface area contributed by atoms with Crippen molar-refractivity contribution in [1.29, 1.82) is 0 Å². The predicted molar refractivity (Wildman–Crippen MR) is 51.9 cm³/mol. The van der Waals surface area contributed by atoms with Crippen LogP contribution in [0.4, 0.5) is 0 Å². The van der Waals surface area contributed by atoms with Gasteiger partial charge in [0.05, 0.1) is 6.26 Å². The summed E-state index contributed by atoms with van der Waals surface area (Å²) in [6.07, 6.45) is 8.46. The standard InChI is InChI=1S/C11H18O/c1-10(2)8-12-9-11-6-4-3-5-7-11/h9H,1,3-8H2,2H3. The normalized spacial score (nSPS) is 17.2. The van der Waals surface area contributed by atoms with Crippen LogP contribution in [0, 0.1) is 0 Å². The molecule has 0 aliphatic heterocycles. The topological polar surface area (TPSA) is 9.23 Å². The lowest BCUT2D eigenvalue weighted by atomic mass is 9.96. The minimum atomic E-state index is 0.670. The van der Waals surface area contributed by atoms with Gasteiger partial charge in [0.15, 0.2) is 0 Å². The fraction of sp³-hybridized carbons (Fsp3) is 0.636. The molecule has 0 aromatic heterocycles. The van der Waals surface area contributed by atoms with E-state index in [9.17, 15) is 0 Å². The van der Waals surface area contributed by atoms with Gasteiger partial charge in [-0.05, 0) is 43.8 Å². The molecule has 0 radical (unpaired) electrons. The zero-order valence-corrected chi connectivity index (χ0v) is 7.94. The van der Waals surface area contributed by atoms with E-state index in [0.717, 1.165) is 5.57 Å². The second-order valence-corrected chi connectivity index (χ2v) is 3.60. The molecule has 0 N–H and O–H groups in total. The van der Waals surface area contributed by atoms with Gasteiger partial charge >= 0.3 is 0 Å². The Morgan fingerprint density at radius 3 is 2.67 bits per heavy atom. The Labute approximate surface area is 75.1 Å². The first-order valence-electron chi connectivity index (χ1n) is 4.73. The largest absolute Gasteiger partial charge is 0.497 e. The molecule has 68 valence electrons. The summed E-state index contributed by atoms with van der Waals surface area (Å²) in [5.74, 6) is 0. The van der Waals surface area contributed by atoms with E-state index in [2.05, 4.69) is 6.58 Å². The highest BCUT2D eigenvalue weighted by Gasteiger charge is 2.04. The molecule has 0 aromatic rings. The van der Waals surface area contributed by atoms with Gasteiger partial charge in [-0.2, -0.15) is 0 Å². The lowest BCUT2D eigenvalue weighted by Gasteiger charge is -2.13. The number of hydrogen-bond donors (Lipinski definition) is 0. The van der Waals surface area contributed by atoms with Gasteiger partial charge in [-0.1, -0.05) is 13.0 Å². The molecule has 1 aliphatic rings. The molecule has 0 atom stereocenters. The van der Waals surface area contributed by atoms with Crippen molar-refractivity contribution in [2.75, 3.05) is 6.61 Å². The maximum atomic E-state index is 5.37. The van der Waals surface area contributed by atoms with E-state index >= 15 is 0 Å².